The van der Waals surface area contributed by atoms with Gasteiger partial charge in [-0.2, -0.15) is 8.78 Å². The molecule has 1 N–H and O–H groups in total. The number of carbonyl (C=O) groups excluding carboxylic acids is 2. The first-order valence-corrected chi connectivity index (χ1v) is 7.98. The van der Waals surface area contributed by atoms with Crippen molar-refractivity contribution in [3.63, 3.8) is 0 Å². The van der Waals surface area contributed by atoms with Gasteiger partial charge in [-0.1, -0.05) is 35.5 Å². The van der Waals surface area contributed by atoms with Gasteiger partial charge in [-0.25, -0.2) is 4.79 Å². The number of esters is 1. The van der Waals surface area contributed by atoms with Crippen molar-refractivity contribution in [3.8, 4) is 0 Å². The van der Waals surface area contributed by atoms with Crippen molar-refractivity contribution in [2.45, 2.75) is 10.7 Å². The maximum absolute atomic E-state index is 12.5. The zero-order valence-electron chi connectivity index (χ0n) is 12.2. The van der Waals surface area contributed by atoms with E-state index in [1.54, 1.807) is 12.1 Å². The van der Waals surface area contributed by atoms with Gasteiger partial charge in [0.1, 0.15) is 0 Å². The zero-order valence-corrected chi connectivity index (χ0v) is 13.7. The number of hydrogen-bond donors (Lipinski definition) is 1. The Bertz CT molecular complexity index is 726. The maximum atomic E-state index is 12.5. The highest BCUT2D eigenvalue weighted by molar-refractivity contribution is 7.99. The van der Waals surface area contributed by atoms with Crippen LogP contribution in [0.5, 0.6) is 0 Å². The monoisotopic (exact) mass is 371 g/mol. The Hall–Kier alpha value is -2.12. The molecule has 2 rings (SSSR count). The second-order valence-electron chi connectivity index (χ2n) is 4.51. The number of nitrogens with one attached hydrogen (secondary N) is 1. The number of halogens is 3. The molecule has 4 nitrogen and oxygen atoms in total. The third-order valence-corrected chi connectivity index (χ3v) is 3.83. The molecular weight excluding hydrogens is 360 g/mol. The standard InChI is InChI=1S/C16H12ClF2NO3S/c17-11-7-5-10(6-8-11)15(22)23-9-14(21)20-12-3-1-2-4-13(12)24-16(18)19/h1-8,16H,9H2,(H,20,21). The fourth-order valence-electron chi connectivity index (χ4n) is 1.76. The Morgan fingerprint density at radius 1 is 1.12 bits per heavy atom. The van der Waals surface area contributed by atoms with Crippen LogP contribution < -0.4 is 5.32 Å². The number of rotatable bonds is 6. The van der Waals surface area contributed by atoms with E-state index in [1.807, 2.05) is 0 Å². The van der Waals surface area contributed by atoms with Gasteiger partial charge < -0.3 is 10.1 Å². The minimum atomic E-state index is -2.61. The normalized spacial score (nSPS) is 10.5. The van der Waals surface area contributed by atoms with E-state index < -0.39 is 24.2 Å². The minimum absolute atomic E-state index is 0.227. The second-order valence-corrected chi connectivity index (χ2v) is 5.97. The number of carbonyl (C=O) groups is 2. The maximum Gasteiger partial charge on any atom is 0.338 e. The number of para-hydroxylation sites is 1. The molecule has 0 radical (unpaired) electrons. The van der Waals surface area contributed by atoms with Gasteiger partial charge >= 0.3 is 5.97 Å². The molecule has 126 valence electrons. The van der Waals surface area contributed by atoms with E-state index in [0.29, 0.717) is 16.8 Å². The molecule has 0 fully saturated rings. The van der Waals surface area contributed by atoms with Gasteiger partial charge in [-0.05, 0) is 36.4 Å². The molecule has 1 amide bonds. The summed E-state index contributed by atoms with van der Waals surface area (Å²) < 4.78 is 29.8. The van der Waals surface area contributed by atoms with Crippen LogP contribution in [-0.2, 0) is 9.53 Å². The Morgan fingerprint density at radius 2 is 1.79 bits per heavy atom. The highest BCUT2D eigenvalue weighted by Gasteiger charge is 2.14. The summed E-state index contributed by atoms with van der Waals surface area (Å²) in [6.45, 7) is -0.533. The number of ether oxygens (including phenoxy) is 1. The second kappa shape index (κ2) is 8.65. The molecule has 0 saturated heterocycles. The smallest absolute Gasteiger partial charge is 0.338 e. The van der Waals surface area contributed by atoms with Gasteiger partial charge in [-0.3, -0.25) is 4.79 Å². The van der Waals surface area contributed by atoms with Gasteiger partial charge in [0.15, 0.2) is 6.61 Å². The fourth-order valence-corrected chi connectivity index (χ4v) is 2.48. The van der Waals surface area contributed by atoms with Crippen LogP contribution in [0.3, 0.4) is 0 Å². The van der Waals surface area contributed by atoms with E-state index in [9.17, 15) is 18.4 Å². The predicted octanol–water partition coefficient (Wildman–Crippen LogP) is 4.45. The molecule has 0 bridgehead atoms. The lowest BCUT2D eigenvalue weighted by atomic mass is 10.2. The molecule has 2 aromatic carbocycles. The first-order valence-electron chi connectivity index (χ1n) is 6.72. The van der Waals surface area contributed by atoms with Crippen LogP contribution in [0.15, 0.2) is 53.4 Å². The summed E-state index contributed by atoms with van der Waals surface area (Å²) >= 11 is 6.03. The minimum Gasteiger partial charge on any atom is -0.452 e. The molecule has 0 saturated carbocycles. The van der Waals surface area contributed by atoms with E-state index in [4.69, 9.17) is 16.3 Å². The number of amides is 1. The molecule has 0 aliphatic rings. The number of alkyl halides is 2. The first kappa shape index (κ1) is 18.2. The lowest BCUT2D eigenvalue weighted by Gasteiger charge is -2.10. The third kappa shape index (κ3) is 5.50. The van der Waals surface area contributed by atoms with Crippen molar-refractivity contribution in [1.82, 2.24) is 0 Å². The van der Waals surface area contributed by atoms with Gasteiger partial charge in [-0.15, -0.1) is 0 Å². The number of benzene rings is 2. The van der Waals surface area contributed by atoms with E-state index >= 15 is 0 Å². The molecular formula is C16H12ClF2NO3S. The summed E-state index contributed by atoms with van der Waals surface area (Å²) in [5.41, 5.74) is 0.483. The molecule has 0 aliphatic carbocycles. The highest BCUT2D eigenvalue weighted by atomic mass is 35.5. The average Bonchev–Trinajstić information content (AvgIpc) is 2.54. The van der Waals surface area contributed by atoms with Gasteiger partial charge in [0.2, 0.25) is 0 Å². The average molecular weight is 372 g/mol. The van der Waals surface area contributed by atoms with Crippen molar-refractivity contribution in [3.05, 3.63) is 59.1 Å². The fraction of sp³-hybridized carbons (Fsp3) is 0.125. The number of anilines is 1. The van der Waals surface area contributed by atoms with Crippen LogP contribution in [-0.4, -0.2) is 24.2 Å². The van der Waals surface area contributed by atoms with E-state index in [2.05, 4.69) is 5.32 Å². The molecule has 0 heterocycles. The Labute approximate surface area is 146 Å². The van der Waals surface area contributed by atoms with Crippen molar-refractivity contribution in [2.75, 3.05) is 11.9 Å². The number of hydrogen-bond acceptors (Lipinski definition) is 4. The van der Waals surface area contributed by atoms with Crippen LogP contribution in [0.4, 0.5) is 14.5 Å². The molecule has 24 heavy (non-hydrogen) atoms. The summed E-state index contributed by atoms with van der Waals surface area (Å²) in [7, 11) is 0. The van der Waals surface area contributed by atoms with E-state index in [0.717, 1.165) is 0 Å². The predicted molar refractivity (Wildman–Crippen MR) is 88.7 cm³/mol. The lowest BCUT2D eigenvalue weighted by Crippen LogP contribution is -2.21. The third-order valence-electron chi connectivity index (χ3n) is 2.79. The number of thioether (sulfide) groups is 1. The van der Waals surface area contributed by atoms with Crippen LogP contribution in [0.25, 0.3) is 0 Å². The summed E-state index contributed by atoms with van der Waals surface area (Å²) in [6.07, 6.45) is 0. The van der Waals surface area contributed by atoms with Crippen LogP contribution in [0.1, 0.15) is 10.4 Å². The van der Waals surface area contributed by atoms with Crippen LogP contribution >= 0.6 is 23.4 Å². The topological polar surface area (TPSA) is 55.4 Å². The molecule has 2 aromatic rings. The van der Waals surface area contributed by atoms with Crippen molar-refractivity contribution in [2.24, 2.45) is 0 Å². The van der Waals surface area contributed by atoms with Gasteiger partial charge in [0.25, 0.3) is 11.7 Å². The first-order chi connectivity index (χ1) is 11.5. The Balaban J connectivity index is 1.92. The van der Waals surface area contributed by atoms with Crippen molar-refractivity contribution < 1.29 is 23.1 Å². The molecule has 8 heteroatoms. The molecule has 0 unspecified atom stereocenters. The Morgan fingerprint density at radius 3 is 2.46 bits per heavy atom. The largest absolute Gasteiger partial charge is 0.452 e. The molecule has 0 spiro atoms. The summed E-state index contributed by atoms with van der Waals surface area (Å²) in [5.74, 6) is -3.91. The summed E-state index contributed by atoms with van der Waals surface area (Å²) in [6, 6.07) is 12.1. The van der Waals surface area contributed by atoms with Crippen molar-refractivity contribution >= 4 is 40.9 Å². The lowest BCUT2D eigenvalue weighted by molar-refractivity contribution is -0.119. The van der Waals surface area contributed by atoms with E-state index in [-0.39, 0.29) is 16.1 Å². The van der Waals surface area contributed by atoms with Crippen LogP contribution in [0, 0.1) is 0 Å². The van der Waals surface area contributed by atoms with E-state index in [1.165, 1.54) is 36.4 Å². The molecule has 0 aromatic heterocycles. The van der Waals surface area contributed by atoms with Crippen molar-refractivity contribution in [1.29, 1.82) is 0 Å². The van der Waals surface area contributed by atoms with Gasteiger partial charge in [0, 0.05) is 9.92 Å². The summed E-state index contributed by atoms with van der Waals surface area (Å²) in [4.78, 5) is 23.8. The van der Waals surface area contributed by atoms with Gasteiger partial charge in [0.05, 0.1) is 11.3 Å². The molecule has 0 atom stereocenters. The highest BCUT2D eigenvalue weighted by Crippen LogP contribution is 2.31. The SMILES string of the molecule is O=C(COC(=O)c1ccc(Cl)cc1)Nc1ccccc1SC(F)F. The Kier molecular flexibility index (Phi) is 6.57. The summed E-state index contributed by atoms with van der Waals surface area (Å²) in [5, 5.41) is 2.91. The quantitative estimate of drug-likeness (QED) is 0.602. The van der Waals surface area contributed by atoms with Crippen LogP contribution in [0.2, 0.25) is 5.02 Å². The molecule has 0 aliphatic heterocycles. The zero-order chi connectivity index (χ0) is 17.5.